The van der Waals surface area contributed by atoms with Crippen molar-refractivity contribution < 1.29 is 36.5 Å². The summed E-state index contributed by atoms with van der Waals surface area (Å²) in [5, 5.41) is 0. The monoisotopic (exact) mass is 774 g/mol. The molecular formula is C40H62F4N2O4S2. The Balaban J connectivity index is 0.000000192. The molecule has 52 heavy (non-hydrogen) atoms. The molecule has 0 aliphatic carbocycles. The van der Waals surface area contributed by atoms with Crippen molar-refractivity contribution in [3.05, 3.63) is 42.8 Å². The molecule has 0 aromatic carbocycles. The van der Waals surface area contributed by atoms with Crippen LogP contribution in [0.3, 0.4) is 0 Å². The van der Waals surface area contributed by atoms with Gasteiger partial charge in [-0.3, -0.25) is 4.90 Å². The predicted molar refractivity (Wildman–Crippen MR) is 203 cm³/mol. The number of halogens is 4. The van der Waals surface area contributed by atoms with Gasteiger partial charge in [0.25, 0.3) is 0 Å². The van der Waals surface area contributed by atoms with Crippen LogP contribution in [0.1, 0.15) is 110 Å². The molecule has 5 aliphatic rings. The molecule has 2 spiro atoms. The number of hydrogen-bond acceptors (Lipinski definition) is 8. The molecule has 12 heteroatoms. The third kappa shape index (κ3) is 10.4. The fourth-order valence-electron chi connectivity index (χ4n) is 8.81. The highest BCUT2D eigenvalue weighted by atomic mass is 32.1. The molecule has 5 aliphatic heterocycles. The molecule has 7 heterocycles. The van der Waals surface area contributed by atoms with E-state index in [2.05, 4.69) is 23.6 Å². The standard InChI is InChI=1S/C19H27F2NO2S.C19H29F2NO2S.C2H6/c1-13-11-19(5-6-22(13)12-15-3-2-7-23-15)18-14(4-8-24-19)9-16(25-18)10-17(20)21;1-3-23-9-4-7-22-8-6-19(13-14(22)2)18-15(5-10-24-19)11-16(25-18)12-17(20)21;1-2/h9,13,15,17H,2-8,10-12H2,1H3;11,14,17H,3-10,12-13H2,1-2H3;1-2H3/t13-,15?,19+;14-,19+;/m00./s1. The van der Waals surface area contributed by atoms with Crippen molar-refractivity contribution in [2.24, 2.45) is 0 Å². The molecule has 0 bridgehead atoms. The van der Waals surface area contributed by atoms with Gasteiger partial charge in [0.15, 0.2) is 0 Å². The van der Waals surface area contributed by atoms with E-state index in [0.717, 1.165) is 107 Å². The van der Waals surface area contributed by atoms with Gasteiger partial charge in [0.1, 0.15) is 11.2 Å². The quantitative estimate of drug-likeness (QED) is 0.168. The second-order valence-electron chi connectivity index (χ2n) is 14.8. The van der Waals surface area contributed by atoms with E-state index in [1.165, 1.54) is 27.3 Å². The fraction of sp³-hybridized carbons (Fsp3) is 0.800. The number of likely N-dealkylation sites (tertiary alicyclic amines) is 2. The van der Waals surface area contributed by atoms with Crippen LogP contribution in [-0.2, 0) is 55.8 Å². The van der Waals surface area contributed by atoms with Gasteiger partial charge < -0.3 is 23.8 Å². The first-order chi connectivity index (χ1) is 25.1. The van der Waals surface area contributed by atoms with Crippen molar-refractivity contribution in [1.29, 1.82) is 0 Å². The second kappa shape index (κ2) is 19.6. The summed E-state index contributed by atoms with van der Waals surface area (Å²) in [5.41, 5.74) is 1.97. The number of hydrogen-bond donors (Lipinski definition) is 0. The molecule has 1 unspecified atom stereocenters. The minimum absolute atomic E-state index is 0.131. The zero-order valence-electron chi connectivity index (χ0n) is 32.0. The largest absolute Gasteiger partial charge is 0.382 e. The maximum absolute atomic E-state index is 12.8. The number of nitrogens with zero attached hydrogens (tertiary/aromatic N) is 2. The summed E-state index contributed by atoms with van der Waals surface area (Å²) in [4.78, 5) is 9.08. The average molecular weight is 775 g/mol. The highest BCUT2D eigenvalue weighted by Gasteiger charge is 2.46. The topological polar surface area (TPSA) is 43.4 Å². The first-order valence-electron chi connectivity index (χ1n) is 19.9. The maximum Gasteiger partial charge on any atom is 0.243 e. The average Bonchev–Trinajstić information content (AvgIpc) is 3.87. The van der Waals surface area contributed by atoms with Gasteiger partial charge in [-0.05, 0) is 102 Å². The van der Waals surface area contributed by atoms with Crippen LogP contribution in [-0.4, -0.2) is 100 Å². The van der Waals surface area contributed by atoms with Crippen molar-refractivity contribution in [2.75, 3.05) is 59.2 Å². The lowest BCUT2D eigenvalue weighted by Gasteiger charge is -2.47. The van der Waals surface area contributed by atoms with Crippen LogP contribution in [0.4, 0.5) is 17.6 Å². The molecule has 2 aromatic heterocycles. The van der Waals surface area contributed by atoms with Crippen molar-refractivity contribution in [1.82, 2.24) is 9.80 Å². The minimum Gasteiger partial charge on any atom is -0.382 e. The lowest BCUT2D eigenvalue weighted by molar-refractivity contribution is -0.113. The van der Waals surface area contributed by atoms with Gasteiger partial charge in [0, 0.05) is 90.4 Å². The molecule has 6 nitrogen and oxygen atoms in total. The SMILES string of the molecule is CC.CCOCCCN1CC[C@]2(C[C@@H]1C)OCCc1cc(CC(F)F)sc12.C[C@H]1C[C@@]2(CCN1CC1CCCO1)OCCc1cc(CC(F)F)sc12. The summed E-state index contributed by atoms with van der Waals surface area (Å²) in [6.45, 7) is 18.5. The third-order valence-corrected chi connectivity index (χ3v) is 14.0. The van der Waals surface area contributed by atoms with Gasteiger partial charge in [-0.1, -0.05) is 13.8 Å². The van der Waals surface area contributed by atoms with Gasteiger partial charge in [0.2, 0.25) is 12.9 Å². The summed E-state index contributed by atoms with van der Waals surface area (Å²) in [6, 6.07) is 4.85. The van der Waals surface area contributed by atoms with Crippen LogP contribution in [0.2, 0.25) is 0 Å². The van der Waals surface area contributed by atoms with Crippen LogP contribution in [0.25, 0.3) is 0 Å². The normalized spacial score (nSPS) is 29.2. The zero-order chi connectivity index (χ0) is 37.3. The molecule has 7 rings (SSSR count). The number of rotatable bonds is 11. The first-order valence-corrected chi connectivity index (χ1v) is 21.5. The van der Waals surface area contributed by atoms with Crippen molar-refractivity contribution in [3.63, 3.8) is 0 Å². The lowest BCUT2D eigenvalue weighted by atomic mass is 9.82. The lowest BCUT2D eigenvalue weighted by Crippen LogP contribution is -2.51. The molecule has 296 valence electrons. The Labute approximate surface area is 317 Å². The number of alkyl halides is 4. The zero-order valence-corrected chi connectivity index (χ0v) is 33.7. The van der Waals surface area contributed by atoms with Crippen LogP contribution < -0.4 is 0 Å². The Morgan fingerprint density at radius 2 is 1.37 bits per heavy atom. The van der Waals surface area contributed by atoms with E-state index in [9.17, 15) is 17.6 Å². The number of piperidine rings is 2. The van der Waals surface area contributed by atoms with E-state index in [1.54, 1.807) is 22.7 Å². The Morgan fingerprint density at radius 1 is 0.827 bits per heavy atom. The fourth-order valence-corrected chi connectivity index (χ4v) is 11.6. The summed E-state index contributed by atoms with van der Waals surface area (Å²) in [6.07, 6.45) is 4.45. The van der Waals surface area contributed by atoms with Gasteiger partial charge in [-0.2, -0.15) is 0 Å². The molecule has 0 saturated carbocycles. The summed E-state index contributed by atoms with van der Waals surface area (Å²) in [7, 11) is 0. The summed E-state index contributed by atoms with van der Waals surface area (Å²) < 4.78 is 74.9. The third-order valence-electron chi connectivity index (χ3n) is 11.3. The van der Waals surface area contributed by atoms with E-state index < -0.39 is 12.9 Å². The number of fused-ring (bicyclic) bond motifs is 4. The van der Waals surface area contributed by atoms with E-state index in [0.29, 0.717) is 31.4 Å². The smallest absolute Gasteiger partial charge is 0.243 e. The van der Waals surface area contributed by atoms with Gasteiger partial charge >= 0.3 is 0 Å². The Hall–Kier alpha value is -1.12. The van der Waals surface area contributed by atoms with Crippen molar-refractivity contribution in [3.8, 4) is 0 Å². The molecule has 0 radical (unpaired) electrons. The maximum atomic E-state index is 12.8. The highest BCUT2D eigenvalue weighted by Crippen LogP contribution is 2.48. The van der Waals surface area contributed by atoms with E-state index in [-0.39, 0.29) is 24.0 Å². The van der Waals surface area contributed by atoms with Gasteiger partial charge in [0.05, 0.1) is 19.3 Å². The second-order valence-corrected chi connectivity index (χ2v) is 17.1. The Bertz CT molecular complexity index is 1370. The van der Waals surface area contributed by atoms with Gasteiger partial charge in [-0.25, -0.2) is 17.6 Å². The van der Waals surface area contributed by atoms with Crippen LogP contribution in [0.5, 0.6) is 0 Å². The van der Waals surface area contributed by atoms with Gasteiger partial charge in [-0.15, -0.1) is 22.7 Å². The Morgan fingerprint density at radius 3 is 1.83 bits per heavy atom. The summed E-state index contributed by atoms with van der Waals surface area (Å²) >= 11 is 3.11. The summed E-state index contributed by atoms with van der Waals surface area (Å²) in [5.74, 6) is 0. The van der Waals surface area contributed by atoms with E-state index >= 15 is 0 Å². The molecular weight excluding hydrogens is 713 g/mol. The minimum atomic E-state index is -2.27. The van der Waals surface area contributed by atoms with Crippen LogP contribution in [0.15, 0.2) is 12.1 Å². The first kappa shape index (κ1) is 42.0. The van der Waals surface area contributed by atoms with Crippen LogP contribution >= 0.6 is 22.7 Å². The molecule has 3 saturated heterocycles. The van der Waals surface area contributed by atoms with E-state index in [1.807, 2.05) is 32.9 Å². The van der Waals surface area contributed by atoms with Crippen molar-refractivity contribution in [2.45, 2.75) is 147 Å². The van der Waals surface area contributed by atoms with Crippen molar-refractivity contribution >= 4 is 22.7 Å². The predicted octanol–water partition coefficient (Wildman–Crippen LogP) is 9.25. The van der Waals surface area contributed by atoms with Crippen LogP contribution in [0, 0.1) is 0 Å². The molecule has 0 amide bonds. The molecule has 5 atom stereocenters. The highest BCUT2D eigenvalue weighted by molar-refractivity contribution is 7.12. The molecule has 2 aromatic rings. The number of thiophene rings is 2. The Kier molecular flexibility index (Phi) is 15.9. The molecule has 0 N–H and O–H groups in total. The van der Waals surface area contributed by atoms with E-state index in [4.69, 9.17) is 18.9 Å². The number of ether oxygens (including phenoxy) is 4. The molecule has 3 fully saturated rings.